The van der Waals surface area contributed by atoms with Crippen LogP contribution in [0.1, 0.15) is 26.2 Å². The fourth-order valence-electron chi connectivity index (χ4n) is 2.05. The summed E-state index contributed by atoms with van der Waals surface area (Å²) in [4.78, 5) is 13.1. The molecule has 80 valence electrons. The van der Waals surface area contributed by atoms with E-state index in [1.165, 1.54) is 0 Å². The number of amides is 2. The van der Waals surface area contributed by atoms with Crippen molar-refractivity contribution in [3.05, 3.63) is 0 Å². The van der Waals surface area contributed by atoms with Crippen molar-refractivity contribution < 1.29 is 9.90 Å². The molecule has 1 aliphatic carbocycles. The van der Waals surface area contributed by atoms with E-state index in [-0.39, 0.29) is 6.03 Å². The molecule has 0 radical (unpaired) electrons. The molecule has 2 N–H and O–H groups in total. The smallest absolute Gasteiger partial charge is 0.317 e. The number of hydrogen-bond donors (Lipinski definition) is 2. The van der Waals surface area contributed by atoms with E-state index in [1.807, 2.05) is 6.92 Å². The van der Waals surface area contributed by atoms with Gasteiger partial charge in [-0.1, -0.05) is 0 Å². The average Bonchev–Trinajstić information content (AvgIpc) is 2.91. The Kier molecular flexibility index (Phi) is 2.39. The molecular formula is C10H18N2O2. The van der Waals surface area contributed by atoms with E-state index in [9.17, 15) is 9.90 Å². The van der Waals surface area contributed by atoms with Crippen LogP contribution >= 0.6 is 0 Å². The van der Waals surface area contributed by atoms with Gasteiger partial charge in [-0.15, -0.1) is 0 Å². The zero-order valence-corrected chi connectivity index (χ0v) is 8.62. The van der Waals surface area contributed by atoms with Gasteiger partial charge in [0.05, 0.1) is 12.1 Å². The van der Waals surface area contributed by atoms with Gasteiger partial charge in [-0.05, 0) is 32.1 Å². The van der Waals surface area contributed by atoms with Crippen molar-refractivity contribution in [2.75, 3.05) is 19.6 Å². The van der Waals surface area contributed by atoms with Crippen LogP contribution in [0.2, 0.25) is 0 Å². The number of urea groups is 1. The fraction of sp³-hybridized carbons (Fsp3) is 0.900. The van der Waals surface area contributed by atoms with Crippen LogP contribution in [0.4, 0.5) is 4.79 Å². The largest absolute Gasteiger partial charge is 0.388 e. The molecule has 14 heavy (non-hydrogen) atoms. The highest BCUT2D eigenvalue weighted by molar-refractivity contribution is 5.74. The summed E-state index contributed by atoms with van der Waals surface area (Å²) in [5.41, 5.74) is -0.686. The molecule has 0 aromatic rings. The Bertz CT molecular complexity index is 236. The molecule has 1 atom stereocenters. The van der Waals surface area contributed by atoms with Crippen LogP contribution in [-0.2, 0) is 0 Å². The third kappa shape index (κ3) is 2.00. The first-order chi connectivity index (χ1) is 6.59. The Labute approximate surface area is 84.3 Å². The third-order valence-electron chi connectivity index (χ3n) is 3.14. The first-order valence-corrected chi connectivity index (χ1v) is 5.35. The minimum atomic E-state index is -0.686. The summed E-state index contributed by atoms with van der Waals surface area (Å²) in [6.07, 6.45) is 3.18. The maximum atomic E-state index is 11.4. The standard InChI is InChI=1S/C10H18N2O2/c1-10(14,8-3-4-8)7-12-6-2-5-11-9(12)13/h8,14H,2-7H2,1H3,(H,11,13). The molecule has 0 bridgehead atoms. The molecule has 1 saturated carbocycles. The molecule has 4 nitrogen and oxygen atoms in total. The lowest BCUT2D eigenvalue weighted by molar-refractivity contribution is 0.00779. The first kappa shape index (κ1) is 9.77. The maximum Gasteiger partial charge on any atom is 0.317 e. The number of rotatable bonds is 3. The quantitative estimate of drug-likeness (QED) is 0.696. The summed E-state index contributed by atoms with van der Waals surface area (Å²) in [7, 11) is 0. The van der Waals surface area contributed by atoms with E-state index in [2.05, 4.69) is 5.32 Å². The topological polar surface area (TPSA) is 52.6 Å². The lowest BCUT2D eigenvalue weighted by Crippen LogP contribution is -2.52. The van der Waals surface area contributed by atoms with Gasteiger partial charge in [-0.3, -0.25) is 0 Å². The monoisotopic (exact) mass is 198 g/mol. The van der Waals surface area contributed by atoms with Crippen LogP contribution in [0.15, 0.2) is 0 Å². The molecule has 1 unspecified atom stereocenters. The molecule has 2 fully saturated rings. The summed E-state index contributed by atoms with van der Waals surface area (Å²) in [6, 6.07) is -0.0304. The first-order valence-electron chi connectivity index (χ1n) is 5.35. The SMILES string of the molecule is CC(O)(CN1CCCNC1=O)C1CC1. The van der Waals surface area contributed by atoms with Crippen LogP contribution < -0.4 is 5.32 Å². The Hall–Kier alpha value is -0.770. The zero-order chi connectivity index (χ0) is 10.2. The Morgan fingerprint density at radius 3 is 2.93 bits per heavy atom. The number of β-amino-alcohol motifs (C(OH)–C–C–N with tert-alkyl or cyclic N) is 1. The van der Waals surface area contributed by atoms with Gasteiger partial charge in [-0.25, -0.2) is 4.79 Å². The van der Waals surface area contributed by atoms with Gasteiger partial charge in [0.2, 0.25) is 0 Å². The zero-order valence-electron chi connectivity index (χ0n) is 8.62. The second-order valence-electron chi connectivity index (χ2n) is 4.64. The summed E-state index contributed by atoms with van der Waals surface area (Å²) in [5.74, 6) is 0.400. The van der Waals surface area contributed by atoms with Gasteiger partial charge in [0, 0.05) is 13.1 Å². The Morgan fingerprint density at radius 2 is 2.36 bits per heavy atom. The fourth-order valence-corrected chi connectivity index (χ4v) is 2.05. The summed E-state index contributed by atoms with van der Waals surface area (Å²) < 4.78 is 0. The molecule has 0 spiro atoms. The summed E-state index contributed by atoms with van der Waals surface area (Å²) >= 11 is 0. The second-order valence-corrected chi connectivity index (χ2v) is 4.64. The molecule has 1 aliphatic heterocycles. The van der Waals surface area contributed by atoms with Crippen LogP contribution in [-0.4, -0.2) is 41.3 Å². The number of nitrogens with one attached hydrogen (secondary N) is 1. The van der Waals surface area contributed by atoms with Gasteiger partial charge < -0.3 is 15.3 Å². The Balaban J connectivity index is 1.91. The average molecular weight is 198 g/mol. The maximum absolute atomic E-state index is 11.4. The highest BCUT2D eigenvalue weighted by Crippen LogP contribution is 2.39. The van der Waals surface area contributed by atoms with Gasteiger partial charge >= 0.3 is 6.03 Å². The second kappa shape index (κ2) is 3.42. The van der Waals surface area contributed by atoms with E-state index in [0.29, 0.717) is 12.5 Å². The molecule has 1 heterocycles. The predicted molar refractivity (Wildman–Crippen MR) is 52.9 cm³/mol. The minimum absolute atomic E-state index is 0.0304. The third-order valence-corrected chi connectivity index (χ3v) is 3.14. The highest BCUT2D eigenvalue weighted by atomic mass is 16.3. The van der Waals surface area contributed by atoms with Crippen molar-refractivity contribution in [2.45, 2.75) is 31.8 Å². The van der Waals surface area contributed by atoms with Gasteiger partial charge in [0.1, 0.15) is 0 Å². The van der Waals surface area contributed by atoms with Gasteiger partial charge in [-0.2, -0.15) is 0 Å². The van der Waals surface area contributed by atoms with E-state index in [1.54, 1.807) is 4.90 Å². The van der Waals surface area contributed by atoms with Crippen LogP contribution in [0.3, 0.4) is 0 Å². The lowest BCUT2D eigenvalue weighted by atomic mass is 10.00. The van der Waals surface area contributed by atoms with Crippen molar-refractivity contribution in [3.8, 4) is 0 Å². The van der Waals surface area contributed by atoms with Crippen molar-refractivity contribution >= 4 is 6.03 Å². The van der Waals surface area contributed by atoms with Crippen LogP contribution in [0.25, 0.3) is 0 Å². The summed E-state index contributed by atoms with van der Waals surface area (Å²) in [6.45, 7) is 3.85. The van der Waals surface area contributed by atoms with Crippen LogP contribution in [0.5, 0.6) is 0 Å². The molecule has 0 aromatic heterocycles. The number of carbonyl (C=O) groups excluding carboxylic acids is 1. The number of carbonyl (C=O) groups is 1. The minimum Gasteiger partial charge on any atom is -0.388 e. The molecular weight excluding hydrogens is 180 g/mol. The van der Waals surface area contributed by atoms with Crippen molar-refractivity contribution in [1.29, 1.82) is 0 Å². The molecule has 2 rings (SSSR count). The molecule has 2 aliphatic rings. The lowest BCUT2D eigenvalue weighted by Gasteiger charge is -2.34. The predicted octanol–water partition coefficient (Wildman–Crippen LogP) is 0.563. The number of hydrogen-bond acceptors (Lipinski definition) is 2. The van der Waals surface area contributed by atoms with Gasteiger partial charge in [0.25, 0.3) is 0 Å². The Morgan fingerprint density at radius 1 is 1.64 bits per heavy atom. The normalized spacial score (nSPS) is 27.0. The van der Waals surface area contributed by atoms with Crippen molar-refractivity contribution in [1.82, 2.24) is 10.2 Å². The van der Waals surface area contributed by atoms with Gasteiger partial charge in [0.15, 0.2) is 0 Å². The van der Waals surface area contributed by atoms with E-state index >= 15 is 0 Å². The molecule has 0 aromatic carbocycles. The molecule has 2 amide bonds. The van der Waals surface area contributed by atoms with Crippen molar-refractivity contribution in [3.63, 3.8) is 0 Å². The summed E-state index contributed by atoms with van der Waals surface area (Å²) in [5, 5.41) is 12.9. The highest BCUT2D eigenvalue weighted by Gasteiger charge is 2.41. The molecule has 1 saturated heterocycles. The number of nitrogens with zero attached hydrogens (tertiary/aromatic N) is 1. The van der Waals surface area contributed by atoms with E-state index in [4.69, 9.17) is 0 Å². The van der Waals surface area contributed by atoms with E-state index in [0.717, 1.165) is 32.4 Å². The van der Waals surface area contributed by atoms with E-state index < -0.39 is 5.60 Å². The van der Waals surface area contributed by atoms with Crippen molar-refractivity contribution in [2.24, 2.45) is 5.92 Å². The van der Waals surface area contributed by atoms with Crippen LogP contribution in [0, 0.1) is 5.92 Å². The number of aliphatic hydroxyl groups is 1. The molecule has 4 heteroatoms.